The summed E-state index contributed by atoms with van der Waals surface area (Å²) in [6.45, 7) is 0.788. The van der Waals surface area contributed by atoms with Crippen LogP contribution < -0.4 is 10.6 Å². The number of nitrogens with one attached hydrogen (secondary N) is 2. The molecule has 1 aromatic carbocycles. The molecule has 2 atom stereocenters. The first-order valence-electron chi connectivity index (χ1n) is 7.32. The lowest BCUT2D eigenvalue weighted by atomic mass is 10.00. The molecule has 1 aliphatic heterocycles. The topological polar surface area (TPSA) is 75.3 Å². The van der Waals surface area contributed by atoms with Gasteiger partial charge < -0.3 is 10.6 Å². The van der Waals surface area contributed by atoms with Gasteiger partial charge in [0.05, 0.1) is 18.0 Å². The van der Waals surface area contributed by atoms with Crippen LogP contribution in [0.3, 0.4) is 0 Å². The van der Waals surface area contributed by atoms with E-state index in [4.69, 9.17) is 11.6 Å². The van der Waals surface area contributed by atoms with E-state index >= 15 is 0 Å². The fourth-order valence-corrected chi connectivity index (χ4v) is 2.63. The van der Waals surface area contributed by atoms with Gasteiger partial charge in [-0.3, -0.25) is 14.4 Å². The molecule has 0 aromatic heterocycles. The van der Waals surface area contributed by atoms with Gasteiger partial charge in [-0.1, -0.05) is 30.3 Å². The predicted molar refractivity (Wildman–Crippen MR) is 83.8 cm³/mol. The van der Waals surface area contributed by atoms with Gasteiger partial charge >= 0.3 is 0 Å². The predicted octanol–water partition coefficient (Wildman–Crippen LogP) is 0.843. The van der Waals surface area contributed by atoms with Crippen molar-refractivity contribution in [2.24, 2.45) is 0 Å². The maximum Gasteiger partial charge on any atom is 0.237 e. The minimum atomic E-state index is -0.872. The number of ketones is 2. The van der Waals surface area contributed by atoms with Crippen molar-refractivity contribution in [3.63, 3.8) is 0 Å². The van der Waals surface area contributed by atoms with E-state index in [0.29, 0.717) is 0 Å². The first kappa shape index (κ1) is 16.6. The van der Waals surface area contributed by atoms with Crippen LogP contribution in [0.15, 0.2) is 30.3 Å². The summed E-state index contributed by atoms with van der Waals surface area (Å²) in [7, 11) is 0. The molecule has 1 fully saturated rings. The summed E-state index contributed by atoms with van der Waals surface area (Å²) in [5, 5.41) is 5.77. The Labute approximate surface area is 134 Å². The van der Waals surface area contributed by atoms with Crippen molar-refractivity contribution >= 4 is 29.1 Å². The number of carbonyl (C=O) groups is 3. The number of hydrogen-bond acceptors (Lipinski definition) is 4. The van der Waals surface area contributed by atoms with Gasteiger partial charge in [0.1, 0.15) is 0 Å². The van der Waals surface area contributed by atoms with E-state index in [1.807, 2.05) is 30.3 Å². The molecule has 1 heterocycles. The second-order valence-electron chi connectivity index (χ2n) is 5.32. The third-order valence-electron chi connectivity index (χ3n) is 3.69. The highest BCUT2D eigenvalue weighted by molar-refractivity contribution is 6.48. The van der Waals surface area contributed by atoms with Crippen molar-refractivity contribution in [1.29, 1.82) is 0 Å². The molecule has 22 heavy (non-hydrogen) atoms. The number of halogens is 1. The second-order valence-corrected chi connectivity index (χ2v) is 5.59. The lowest BCUT2D eigenvalue weighted by Crippen LogP contribution is -2.51. The molecule has 118 valence electrons. The van der Waals surface area contributed by atoms with Gasteiger partial charge in [0.2, 0.25) is 17.5 Å². The SMILES string of the molecule is O=C(CCl)C(=O)[C@H](Cc1ccccc1)NC(=O)[C@@H]1CCCN1. The van der Waals surface area contributed by atoms with Gasteiger partial charge in [-0.2, -0.15) is 0 Å². The molecule has 1 saturated heterocycles. The standard InChI is InChI=1S/C16H19ClN2O3/c17-10-14(20)15(21)13(9-11-5-2-1-3-6-11)19-16(22)12-7-4-8-18-12/h1-3,5-6,12-13,18H,4,7-10H2,(H,19,22)/t12-,13-/m0/s1. The van der Waals surface area contributed by atoms with Crippen molar-refractivity contribution < 1.29 is 14.4 Å². The van der Waals surface area contributed by atoms with E-state index in [1.165, 1.54) is 0 Å². The average molecular weight is 323 g/mol. The summed E-state index contributed by atoms with van der Waals surface area (Å²) in [6.07, 6.45) is 1.94. The average Bonchev–Trinajstić information content (AvgIpc) is 3.08. The lowest BCUT2D eigenvalue weighted by Gasteiger charge is -2.19. The monoisotopic (exact) mass is 322 g/mol. The summed E-state index contributed by atoms with van der Waals surface area (Å²) >= 11 is 5.46. The zero-order valence-electron chi connectivity index (χ0n) is 12.2. The van der Waals surface area contributed by atoms with E-state index in [9.17, 15) is 14.4 Å². The quantitative estimate of drug-likeness (QED) is 0.576. The van der Waals surface area contributed by atoms with Crippen molar-refractivity contribution in [3.8, 4) is 0 Å². The van der Waals surface area contributed by atoms with E-state index in [2.05, 4.69) is 10.6 Å². The van der Waals surface area contributed by atoms with E-state index in [0.717, 1.165) is 24.9 Å². The summed E-state index contributed by atoms with van der Waals surface area (Å²) < 4.78 is 0. The van der Waals surface area contributed by atoms with E-state index in [1.54, 1.807) is 0 Å². The van der Waals surface area contributed by atoms with Gasteiger partial charge in [-0.15, -0.1) is 11.6 Å². The molecule has 0 saturated carbocycles. The van der Waals surface area contributed by atoms with Crippen LogP contribution in [0, 0.1) is 0 Å². The molecular formula is C16H19ClN2O3. The number of Topliss-reactive ketones (excluding diaryl/α,β-unsaturated/α-hetero) is 2. The van der Waals surface area contributed by atoms with Crippen molar-refractivity contribution in [3.05, 3.63) is 35.9 Å². The molecule has 0 spiro atoms. The lowest BCUT2D eigenvalue weighted by molar-refractivity contribution is -0.137. The Kier molecular flexibility index (Phi) is 6.10. The molecule has 1 aliphatic rings. The smallest absolute Gasteiger partial charge is 0.237 e. The Morgan fingerprint density at radius 1 is 1.27 bits per heavy atom. The van der Waals surface area contributed by atoms with Gasteiger partial charge in [-0.25, -0.2) is 0 Å². The van der Waals surface area contributed by atoms with E-state index in [-0.39, 0.29) is 24.2 Å². The van der Waals surface area contributed by atoms with Crippen molar-refractivity contribution in [2.75, 3.05) is 12.4 Å². The Balaban J connectivity index is 2.08. The maximum atomic E-state index is 12.2. The van der Waals surface area contributed by atoms with Crippen molar-refractivity contribution in [1.82, 2.24) is 10.6 Å². The molecule has 1 amide bonds. The van der Waals surface area contributed by atoms with Gasteiger partial charge in [-0.05, 0) is 24.9 Å². The van der Waals surface area contributed by atoms with Crippen LogP contribution in [0.2, 0.25) is 0 Å². The molecule has 5 nitrogen and oxygen atoms in total. The summed E-state index contributed by atoms with van der Waals surface area (Å²) in [6, 6.07) is 8.10. The van der Waals surface area contributed by atoms with Crippen LogP contribution in [-0.4, -0.2) is 42.0 Å². The molecule has 6 heteroatoms. The molecule has 0 bridgehead atoms. The molecule has 0 unspecified atom stereocenters. The summed E-state index contributed by atoms with van der Waals surface area (Å²) in [5.41, 5.74) is 0.878. The third kappa shape index (κ3) is 4.39. The second kappa shape index (κ2) is 8.06. The Hall–Kier alpha value is -1.72. The fraction of sp³-hybridized carbons (Fsp3) is 0.438. The van der Waals surface area contributed by atoms with Gasteiger partial charge in [0.15, 0.2) is 0 Å². The van der Waals surface area contributed by atoms with Crippen LogP contribution in [0.25, 0.3) is 0 Å². The van der Waals surface area contributed by atoms with Crippen molar-refractivity contribution in [2.45, 2.75) is 31.3 Å². The fourth-order valence-electron chi connectivity index (χ4n) is 2.50. The molecule has 0 radical (unpaired) electrons. The molecular weight excluding hydrogens is 304 g/mol. The number of benzene rings is 1. The number of alkyl halides is 1. The summed E-state index contributed by atoms with van der Waals surface area (Å²) in [5.74, 6) is -1.94. The highest BCUT2D eigenvalue weighted by Crippen LogP contribution is 2.08. The largest absolute Gasteiger partial charge is 0.344 e. The van der Waals surface area contributed by atoms with Crippen LogP contribution in [-0.2, 0) is 20.8 Å². The number of hydrogen-bond donors (Lipinski definition) is 2. The zero-order valence-corrected chi connectivity index (χ0v) is 12.9. The highest BCUT2D eigenvalue weighted by atomic mass is 35.5. The van der Waals surface area contributed by atoms with Gasteiger partial charge in [0.25, 0.3) is 0 Å². The van der Waals surface area contributed by atoms with Crippen LogP contribution in [0.5, 0.6) is 0 Å². The van der Waals surface area contributed by atoms with Crippen LogP contribution in [0.4, 0.5) is 0 Å². The Morgan fingerprint density at radius 3 is 2.59 bits per heavy atom. The molecule has 1 aromatic rings. The van der Waals surface area contributed by atoms with Crippen LogP contribution in [0.1, 0.15) is 18.4 Å². The van der Waals surface area contributed by atoms with Crippen LogP contribution >= 0.6 is 11.6 Å². The van der Waals surface area contributed by atoms with Gasteiger partial charge in [0, 0.05) is 6.42 Å². The minimum absolute atomic E-state index is 0.242. The normalized spacial score (nSPS) is 18.7. The molecule has 0 aliphatic carbocycles. The summed E-state index contributed by atoms with van der Waals surface area (Å²) in [4.78, 5) is 35.9. The number of carbonyl (C=O) groups excluding carboxylic acids is 3. The number of amides is 1. The number of rotatable bonds is 7. The molecule has 2 rings (SSSR count). The first-order chi connectivity index (χ1) is 10.6. The Bertz CT molecular complexity index is 542. The Morgan fingerprint density at radius 2 is 2.00 bits per heavy atom. The highest BCUT2D eigenvalue weighted by Gasteiger charge is 2.30. The maximum absolute atomic E-state index is 12.2. The zero-order chi connectivity index (χ0) is 15.9. The first-order valence-corrected chi connectivity index (χ1v) is 7.86. The van der Waals surface area contributed by atoms with E-state index < -0.39 is 17.6 Å². The molecule has 2 N–H and O–H groups in total. The third-order valence-corrected chi connectivity index (χ3v) is 3.93. The minimum Gasteiger partial charge on any atom is -0.344 e.